The Hall–Kier alpha value is -4.19. The summed E-state index contributed by atoms with van der Waals surface area (Å²) >= 11 is 0. The quantitative estimate of drug-likeness (QED) is 0.163. The molecule has 1 unspecified atom stereocenters. The monoisotopic (exact) mass is 534 g/mol. The van der Waals surface area contributed by atoms with E-state index in [-0.39, 0.29) is 0 Å². The van der Waals surface area contributed by atoms with Gasteiger partial charge in [-0.15, -0.1) is 0 Å². The van der Waals surface area contributed by atoms with E-state index in [4.69, 9.17) is 0 Å². The van der Waals surface area contributed by atoms with E-state index in [0.717, 1.165) is 27.0 Å². The van der Waals surface area contributed by atoms with Crippen molar-refractivity contribution in [1.82, 2.24) is 0 Å². The fourth-order valence-electron chi connectivity index (χ4n) is 6.33. The molecule has 2 aliphatic carbocycles. The lowest BCUT2D eigenvalue weighted by molar-refractivity contribution is 0.525. The number of hydrogen-bond donors (Lipinski definition) is 0. The molecule has 0 heterocycles. The Bertz CT molecular complexity index is 1720. The van der Waals surface area contributed by atoms with Crippen LogP contribution >= 0.6 is 7.14 Å². The number of hydrogen-bond acceptors (Lipinski definition) is 1. The zero-order valence-electron chi connectivity index (χ0n) is 22.4. The second kappa shape index (κ2) is 10.4. The fourth-order valence-corrected chi connectivity index (χ4v) is 8.98. The van der Waals surface area contributed by atoms with Crippen LogP contribution in [0.3, 0.4) is 0 Å². The van der Waals surface area contributed by atoms with Gasteiger partial charge in [-0.1, -0.05) is 140 Å². The molecule has 0 amide bonds. The zero-order valence-corrected chi connectivity index (χ0v) is 23.3. The number of allylic oxidation sites excluding steroid dienone is 3. The minimum atomic E-state index is -2.98. The Morgan fingerprint density at radius 1 is 0.550 bits per heavy atom. The third-order valence-corrected chi connectivity index (χ3v) is 11.5. The summed E-state index contributed by atoms with van der Waals surface area (Å²) in [5.74, 6) is 1.14. The van der Waals surface area contributed by atoms with Gasteiger partial charge in [0.25, 0.3) is 0 Å². The Labute approximate surface area is 236 Å². The van der Waals surface area contributed by atoms with Crippen molar-refractivity contribution in [3.05, 3.63) is 157 Å². The first-order valence-corrected chi connectivity index (χ1v) is 15.8. The third-order valence-electron chi connectivity index (χ3n) is 8.45. The molecule has 5 aromatic rings. The molecule has 2 aliphatic rings. The van der Waals surface area contributed by atoms with Crippen molar-refractivity contribution >= 4 is 29.1 Å². The van der Waals surface area contributed by atoms with Crippen LogP contribution in [-0.2, 0) is 4.57 Å². The first-order chi connectivity index (χ1) is 19.7. The lowest BCUT2D eigenvalue weighted by Crippen LogP contribution is -2.24. The summed E-state index contributed by atoms with van der Waals surface area (Å²) < 4.78 is 14.7. The highest BCUT2D eigenvalue weighted by molar-refractivity contribution is 7.85. The molecule has 7 rings (SSSR count). The number of rotatable bonds is 5. The van der Waals surface area contributed by atoms with Crippen molar-refractivity contribution in [3.63, 3.8) is 0 Å². The van der Waals surface area contributed by atoms with Gasteiger partial charge in [0.05, 0.1) is 0 Å². The topological polar surface area (TPSA) is 17.1 Å². The zero-order chi connectivity index (χ0) is 26.9. The van der Waals surface area contributed by atoms with Gasteiger partial charge in [-0.05, 0) is 64.3 Å². The molecule has 0 fully saturated rings. The van der Waals surface area contributed by atoms with E-state index >= 15 is 0 Å². The third kappa shape index (κ3) is 4.41. The summed E-state index contributed by atoms with van der Waals surface area (Å²) in [4.78, 5) is 0. The molecule has 0 bridgehead atoms. The van der Waals surface area contributed by atoms with E-state index in [9.17, 15) is 4.57 Å². The lowest BCUT2D eigenvalue weighted by Gasteiger charge is -2.30. The SMILES string of the molecule is O=P(c1ccccc1)(c1ccccc1)c1ccc(-c2cccc(-c3ccc4c(c3)C=CC3C=CCC[C@H]43)c2)cc1. The normalized spacial score (nSPS) is 17.7. The molecule has 0 N–H and O–H groups in total. The molecule has 0 aliphatic heterocycles. The van der Waals surface area contributed by atoms with Crippen LogP contribution in [0, 0.1) is 5.92 Å². The van der Waals surface area contributed by atoms with Crippen LogP contribution in [0.25, 0.3) is 28.3 Å². The molecule has 0 saturated carbocycles. The minimum Gasteiger partial charge on any atom is -0.309 e. The van der Waals surface area contributed by atoms with E-state index in [1.54, 1.807) is 0 Å². The molecular weight excluding hydrogens is 503 g/mol. The molecule has 0 saturated heterocycles. The summed E-state index contributed by atoms with van der Waals surface area (Å²) in [5, 5.41) is 2.56. The molecule has 0 radical (unpaired) electrons. The second-order valence-electron chi connectivity index (χ2n) is 10.8. The van der Waals surface area contributed by atoms with Gasteiger partial charge >= 0.3 is 0 Å². The van der Waals surface area contributed by atoms with Crippen LogP contribution in [0.4, 0.5) is 0 Å². The Kier molecular flexibility index (Phi) is 6.46. The average Bonchev–Trinajstić information content (AvgIpc) is 3.05. The molecule has 2 atom stereocenters. The maximum Gasteiger partial charge on any atom is 0.171 e. The van der Waals surface area contributed by atoms with E-state index in [2.05, 4.69) is 78.9 Å². The molecule has 194 valence electrons. The van der Waals surface area contributed by atoms with E-state index < -0.39 is 7.14 Å². The Morgan fingerprint density at radius 3 is 1.85 bits per heavy atom. The van der Waals surface area contributed by atoms with E-state index in [0.29, 0.717) is 11.8 Å². The van der Waals surface area contributed by atoms with Crippen LogP contribution in [0.5, 0.6) is 0 Å². The van der Waals surface area contributed by atoms with Gasteiger partial charge in [0.2, 0.25) is 0 Å². The van der Waals surface area contributed by atoms with Gasteiger partial charge in [0, 0.05) is 21.8 Å². The van der Waals surface area contributed by atoms with Crippen molar-refractivity contribution in [1.29, 1.82) is 0 Å². The first kappa shape index (κ1) is 24.8. The van der Waals surface area contributed by atoms with Gasteiger partial charge in [-0.25, -0.2) is 0 Å². The van der Waals surface area contributed by atoms with Gasteiger partial charge in [-0.2, -0.15) is 0 Å². The van der Waals surface area contributed by atoms with Gasteiger partial charge in [0.15, 0.2) is 7.14 Å². The van der Waals surface area contributed by atoms with Crippen LogP contribution in [0.15, 0.2) is 146 Å². The average molecular weight is 535 g/mol. The predicted molar refractivity (Wildman–Crippen MR) is 170 cm³/mol. The maximum atomic E-state index is 14.7. The maximum absolute atomic E-state index is 14.7. The molecule has 40 heavy (non-hydrogen) atoms. The molecule has 2 heteroatoms. The lowest BCUT2D eigenvalue weighted by atomic mass is 9.74. The fraction of sp³-hybridized carbons (Fsp3) is 0.105. The van der Waals surface area contributed by atoms with Crippen molar-refractivity contribution in [3.8, 4) is 22.3 Å². The summed E-state index contributed by atoms with van der Waals surface area (Å²) in [6.45, 7) is 0. The molecule has 0 aromatic heterocycles. The van der Waals surface area contributed by atoms with Crippen LogP contribution in [-0.4, -0.2) is 0 Å². The summed E-state index contributed by atoms with van der Waals surface area (Å²) in [7, 11) is -2.98. The molecular formula is C38H31OP. The van der Waals surface area contributed by atoms with E-state index in [1.807, 2.05) is 72.8 Å². The number of benzene rings is 5. The molecule has 1 nitrogen and oxygen atoms in total. The van der Waals surface area contributed by atoms with Gasteiger partial charge < -0.3 is 4.57 Å². The highest BCUT2D eigenvalue weighted by atomic mass is 31.2. The van der Waals surface area contributed by atoms with Crippen molar-refractivity contribution in [2.45, 2.75) is 18.8 Å². The standard InChI is InChI=1S/C38H31OP/c39-40(34-13-3-1-4-14-34,35-15-5-2-6-16-35)36-23-20-28(21-24-36)30-11-9-12-31(26-30)32-22-25-38-33(27-32)19-18-29-10-7-8-17-37(29)38/h1-7,9-16,18-27,29,37H,8,17H2/t29?,37-/m0/s1. The predicted octanol–water partition coefficient (Wildman–Crippen LogP) is 8.74. The van der Waals surface area contributed by atoms with Crippen LogP contribution in [0.1, 0.15) is 29.9 Å². The second-order valence-corrected chi connectivity index (χ2v) is 13.6. The van der Waals surface area contributed by atoms with Crippen LogP contribution in [0.2, 0.25) is 0 Å². The summed E-state index contributed by atoms with van der Waals surface area (Å²) in [5.41, 5.74) is 7.55. The molecule has 0 spiro atoms. The smallest absolute Gasteiger partial charge is 0.171 e. The summed E-state index contributed by atoms with van der Waals surface area (Å²) in [6, 6.07) is 43.7. The Morgan fingerprint density at radius 2 is 1.15 bits per heavy atom. The molecule has 5 aromatic carbocycles. The van der Waals surface area contributed by atoms with Crippen molar-refractivity contribution < 1.29 is 4.57 Å². The summed E-state index contributed by atoms with van der Waals surface area (Å²) in [6.07, 6.45) is 11.8. The van der Waals surface area contributed by atoms with Crippen molar-refractivity contribution in [2.75, 3.05) is 0 Å². The van der Waals surface area contributed by atoms with Crippen LogP contribution < -0.4 is 15.9 Å². The largest absolute Gasteiger partial charge is 0.309 e. The highest BCUT2D eigenvalue weighted by Crippen LogP contribution is 2.43. The number of fused-ring (bicyclic) bond motifs is 3. The minimum absolute atomic E-state index is 0.539. The van der Waals surface area contributed by atoms with E-state index in [1.165, 1.54) is 35.1 Å². The van der Waals surface area contributed by atoms with Gasteiger partial charge in [0.1, 0.15) is 0 Å². The van der Waals surface area contributed by atoms with Crippen molar-refractivity contribution in [2.24, 2.45) is 5.92 Å². The van der Waals surface area contributed by atoms with Gasteiger partial charge in [-0.3, -0.25) is 0 Å². The highest BCUT2D eigenvalue weighted by Gasteiger charge is 2.29. The first-order valence-electron chi connectivity index (χ1n) is 14.1. The Balaban J connectivity index is 1.22.